The Morgan fingerprint density at radius 3 is 0.750 bits per heavy atom. The third-order valence-corrected chi connectivity index (χ3v) is 0. The molecule has 4 heavy (non-hydrogen) atoms. The molecule has 4 heteroatoms. The second-order valence-electron chi connectivity index (χ2n) is 0. The van der Waals surface area contributed by atoms with Crippen LogP contribution in [0, 0.1) is 0 Å². The summed E-state index contributed by atoms with van der Waals surface area (Å²) in [5.41, 5.74) is 0. The van der Waals surface area contributed by atoms with Crippen LogP contribution in [0.15, 0.2) is 0 Å². The average Bonchev–Trinajstić information content (AvgIpc) is 0. The van der Waals surface area contributed by atoms with Crippen LogP contribution >= 0.6 is 24.8 Å². The van der Waals surface area contributed by atoms with Crippen LogP contribution < -0.4 is 0 Å². The Morgan fingerprint density at radius 1 is 0.750 bits per heavy atom. The van der Waals surface area contributed by atoms with Crippen LogP contribution in [0.5, 0.6) is 0 Å². The van der Waals surface area contributed by atoms with Crippen LogP contribution in [-0.2, 0) is 26.2 Å². The molecule has 0 fully saturated rings. The maximum absolute atomic E-state index is 0. The van der Waals surface area contributed by atoms with Gasteiger partial charge in [0.25, 0.3) is 0 Å². The van der Waals surface area contributed by atoms with Crippen LogP contribution in [0.1, 0.15) is 0 Å². The molecule has 0 saturated carbocycles. The third-order valence-electron chi connectivity index (χ3n) is 0. The van der Waals surface area contributed by atoms with Gasteiger partial charge in [-0.3, -0.25) is 0 Å². The Labute approximate surface area is 67.8 Å². The van der Waals surface area contributed by atoms with E-state index in [0.717, 1.165) is 0 Å². The van der Waals surface area contributed by atoms with Gasteiger partial charge >= 0.3 is 0 Å². The van der Waals surface area contributed by atoms with Crippen LogP contribution in [0.3, 0.4) is 0 Å². The van der Waals surface area contributed by atoms with Crippen molar-refractivity contribution < 1.29 is 26.2 Å². The first kappa shape index (κ1) is 37.6. The minimum atomic E-state index is 0. The van der Waals surface area contributed by atoms with Crippen molar-refractivity contribution in [3.8, 4) is 0 Å². The van der Waals surface area contributed by atoms with E-state index >= 15 is 0 Å². The van der Waals surface area contributed by atoms with Gasteiger partial charge in [-0.15, -0.1) is 24.8 Å². The fourth-order valence-electron chi connectivity index (χ4n) is 0. The molecule has 0 aromatic rings. The number of halogens is 2. The van der Waals surface area contributed by atoms with Gasteiger partial charge < -0.3 is 0 Å². The second kappa shape index (κ2) is 20.0. The zero-order valence-electron chi connectivity index (χ0n) is 1.32. The van der Waals surface area contributed by atoms with E-state index in [4.69, 9.17) is 0 Å². The number of rotatable bonds is 0. The van der Waals surface area contributed by atoms with E-state index < -0.39 is 0 Å². The molecule has 0 rings (SSSR count). The zero-order chi connectivity index (χ0) is 0. The van der Waals surface area contributed by atoms with Gasteiger partial charge in [0, 0.05) is 26.2 Å². The molecule has 0 heterocycles. The summed E-state index contributed by atoms with van der Waals surface area (Å²) in [6.45, 7) is 0. The first-order valence-electron chi connectivity index (χ1n) is 0. The summed E-state index contributed by atoms with van der Waals surface area (Å²) in [6.07, 6.45) is 0. The maximum atomic E-state index is 0. The molecule has 0 aliphatic carbocycles. The van der Waals surface area contributed by atoms with E-state index in [1.54, 1.807) is 0 Å². The van der Waals surface area contributed by atoms with E-state index in [9.17, 15) is 0 Å². The molecular weight excluding hydrogens is 189 g/mol. The first-order chi connectivity index (χ1) is 0. The molecule has 0 aliphatic heterocycles. The SMILES string of the molecule is Cl.Cl.[AlH3].[Zr]. The molecule has 0 spiro atoms. The largest absolute Gasteiger partial charge is 0.187 e. The Kier molecular flexibility index (Phi) is 188. The van der Waals surface area contributed by atoms with Crippen LogP contribution in [-0.4, -0.2) is 17.4 Å². The third kappa shape index (κ3) is 9.00. The smallest absolute Gasteiger partial charge is 0.147 e. The number of hydrogen-bond donors (Lipinski definition) is 0. The van der Waals surface area contributed by atoms with Gasteiger partial charge in [0.05, 0.1) is 0 Å². The Bertz CT molecular complexity index is 6.00. The summed E-state index contributed by atoms with van der Waals surface area (Å²) in [5, 5.41) is 0. The van der Waals surface area contributed by atoms with Gasteiger partial charge in [-0.1, -0.05) is 0 Å². The standard InChI is InChI=1S/Al.2ClH.Zr.3H/h;2*1H;;;;. The average molecular weight is 194 g/mol. The van der Waals surface area contributed by atoms with E-state index in [2.05, 4.69) is 0 Å². The predicted octanol–water partition coefficient (Wildman–Crippen LogP) is -0.343. The molecular formula is H5AlCl2Zr. The van der Waals surface area contributed by atoms with E-state index in [1.165, 1.54) is 0 Å². The molecule has 0 radical (unpaired) electrons. The Balaban J connectivity index is 0. The summed E-state index contributed by atoms with van der Waals surface area (Å²) in [6, 6.07) is 0. The van der Waals surface area contributed by atoms with Crippen molar-refractivity contribution in [1.29, 1.82) is 0 Å². The quantitative estimate of drug-likeness (QED) is 0.463. The van der Waals surface area contributed by atoms with Crippen molar-refractivity contribution in [3.05, 3.63) is 0 Å². The van der Waals surface area contributed by atoms with Crippen molar-refractivity contribution in [2.45, 2.75) is 0 Å². The van der Waals surface area contributed by atoms with Crippen LogP contribution in [0.2, 0.25) is 0 Å². The minimum absolute atomic E-state index is 0. The molecule has 0 aliphatic rings. The molecule has 0 bridgehead atoms. The van der Waals surface area contributed by atoms with Gasteiger partial charge in [0.15, 0.2) is 17.4 Å². The fourth-order valence-corrected chi connectivity index (χ4v) is 0. The molecule has 0 aromatic heterocycles. The number of hydrogen-bond acceptors (Lipinski definition) is 0. The van der Waals surface area contributed by atoms with Crippen molar-refractivity contribution in [2.24, 2.45) is 0 Å². The van der Waals surface area contributed by atoms with Gasteiger partial charge in [-0.25, -0.2) is 0 Å². The minimum Gasteiger partial charge on any atom is -0.147 e. The van der Waals surface area contributed by atoms with Gasteiger partial charge in [-0.05, 0) is 0 Å². The topological polar surface area (TPSA) is 0 Å². The molecule has 0 aromatic carbocycles. The summed E-state index contributed by atoms with van der Waals surface area (Å²) < 4.78 is 0. The monoisotopic (exact) mass is 192 g/mol. The molecule has 0 saturated heterocycles. The molecule has 0 amide bonds. The molecule has 0 atom stereocenters. The van der Waals surface area contributed by atoms with Crippen molar-refractivity contribution in [3.63, 3.8) is 0 Å². The molecule has 0 N–H and O–H groups in total. The Hall–Kier alpha value is 2.00. The maximum Gasteiger partial charge on any atom is 0.187 e. The second-order valence-corrected chi connectivity index (χ2v) is 0. The predicted molar refractivity (Wildman–Crippen MR) is 24.4 cm³/mol. The van der Waals surface area contributed by atoms with Crippen LogP contribution in [0.25, 0.3) is 0 Å². The van der Waals surface area contributed by atoms with Gasteiger partial charge in [-0.2, -0.15) is 0 Å². The van der Waals surface area contributed by atoms with E-state index in [-0.39, 0.29) is 68.4 Å². The summed E-state index contributed by atoms with van der Waals surface area (Å²) in [5.74, 6) is 0. The van der Waals surface area contributed by atoms with Crippen LogP contribution in [0.4, 0.5) is 0 Å². The summed E-state index contributed by atoms with van der Waals surface area (Å²) in [7, 11) is 0. The van der Waals surface area contributed by atoms with Gasteiger partial charge in [0.2, 0.25) is 0 Å². The summed E-state index contributed by atoms with van der Waals surface area (Å²) in [4.78, 5) is 0. The molecule has 0 nitrogen and oxygen atoms in total. The normalized spacial score (nSPS) is 0. The van der Waals surface area contributed by atoms with Crippen molar-refractivity contribution in [1.82, 2.24) is 0 Å². The molecule has 0 unspecified atom stereocenters. The summed E-state index contributed by atoms with van der Waals surface area (Å²) >= 11 is 0. The van der Waals surface area contributed by atoms with Crippen molar-refractivity contribution >= 4 is 42.2 Å². The first-order valence-corrected chi connectivity index (χ1v) is 0. The molecule has 26 valence electrons. The Morgan fingerprint density at radius 2 is 0.750 bits per heavy atom. The van der Waals surface area contributed by atoms with E-state index in [1.807, 2.05) is 0 Å². The van der Waals surface area contributed by atoms with E-state index in [0.29, 0.717) is 0 Å². The van der Waals surface area contributed by atoms with Gasteiger partial charge in [0.1, 0.15) is 0 Å². The fraction of sp³-hybridized carbons (Fsp3) is 0. The van der Waals surface area contributed by atoms with Crippen molar-refractivity contribution in [2.75, 3.05) is 0 Å². The zero-order valence-corrected chi connectivity index (χ0v) is 5.41.